The maximum Gasteiger partial charge on any atom is 0.119 e. The Hall–Kier alpha value is -1.06. The Balaban J connectivity index is 1.53. The van der Waals surface area contributed by atoms with Crippen LogP contribution in [0.4, 0.5) is 0 Å². The standard InChI is InChI=1S/C16H24N2O/c1-12(2)18-6-5-13(10-18)11-19-16-4-3-14-8-17-9-15(14)7-16/h3-4,7,12-13,17H,5-6,8-11H2,1-2H3. The Kier molecular flexibility index (Phi) is 3.76. The molecule has 1 N–H and O–H groups in total. The summed E-state index contributed by atoms with van der Waals surface area (Å²) in [6.07, 6.45) is 1.27. The first kappa shape index (κ1) is 12.9. The molecule has 3 heteroatoms. The topological polar surface area (TPSA) is 24.5 Å². The first-order chi connectivity index (χ1) is 9.22. The molecule has 0 amide bonds. The molecule has 2 aliphatic heterocycles. The summed E-state index contributed by atoms with van der Waals surface area (Å²) < 4.78 is 5.99. The van der Waals surface area contributed by atoms with Crippen LogP contribution in [0.3, 0.4) is 0 Å². The van der Waals surface area contributed by atoms with Crippen LogP contribution >= 0.6 is 0 Å². The van der Waals surface area contributed by atoms with E-state index in [1.807, 2.05) is 0 Å². The van der Waals surface area contributed by atoms with Gasteiger partial charge < -0.3 is 15.0 Å². The van der Waals surface area contributed by atoms with Crippen molar-refractivity contribution in [3.05, 3.63) is 29.3 Å². The van der Waals surface area contributed by atoms with Gasteiger partial charge in [0.25, 0.3) is 0 Å². The Morgan fingerprint density at radius 3 is 2.95 bits per heavy atom. The van der Waals surface area contributed by atoms with Gasteiger partial charge in [-0.15, -0.1) is 0 Å². The lowest BCUT2D eigenvalue weighted by molar-refractivity contribution is 0.223. The highest BCUT2D eigenvalue weighted by molar-refractivity contribution is 5.37. The number of likely N-dealkylation sites (tertiary alicyclic amines) is 1. The summed E-state index contributed by atoms with van der Waals surface area (Å²) in [6.45, 7) is 9.80. The second kappa shape index (κ2) is 5.51. The summed E-state index contributed by atoms with van der Waals surface area (Å²) in [6, 6.07) is 7.17. The molecule has 0 aliphatic carbocycles. The number of hydrogen-bond donors (Lipinski definition) is 1. The molecular formula is C16H24N2O. The van der Waals surface area contributed by atoms with Gasteiger partial charge in [0.1, 0.15) is 5.75 Å². The van der Waals surface area contributed by atoms with Crippen LogP contribution in [0.2, 0.25) is 0 Å². The Bertz CT molecular complexity index is 444. The number of ether oxygens (including phenoxy) is 1. The zero-order chi connectivity index (χ0) is 13.2. The largest absolute Gasteiger partial charge is 0.493 e. The van der Waals surface area contributed by atoms with E-state index in [4.69, 9.17) is 4.74 Å². The van der Waals surface area contributed by atoms with E-state index >= 15 is 0 Å². The van der Waals surface area contributed by atoms with Crippen molar-refractivity contribution in [3.63, 3.8) is 0 Å². The number of fused-ring (bicyclic) bond motifs is 1. The van der Waals surface area contributed by atoms with Crippen LogP contribution in [-0.2, 0) is 13.1 Å². The molecule has 19 heavy (non-hydrogen) atoms. The fourth-order valence-electron chi connectivity index (χ4n) is 3.04. The molecule has 2 heterocycles. The molecule has 1 aromatic rings. The van der Waals surface area contributed by atoms with Crippen molar-refractivity contribution in [2.24, 2.45) is 5.92 Å². The summed E-state index contributed by atoms with van der Waals surface area (Å²) in [4.78, 5) is 2.54. The fourth-order valence-corrected chi connectivity index (χ4v) is 3.04. The van der Waals surface area contributed by atoms with Crippen molar-refractivity contribution in [2.45, 2.75) is 39.4 Å². The maximum atomic E-state index is 5.99. The highest BCUT2D eigenvalue weighted by Crippen LogP contribution is 2.24. The van der Waals surface area contributed by atoms with E-state index in [2.05, 4.69) is 42.3 Å². The molecule has 0 saturated carbocycles. The molecule has 1 fully saturated rings. The van der Waals surface area contributed by atoms with Gasteiger partial charge in [-0.2, -0.15) is 0 Å². The number of rotatable bonds is 4. The fraction of sp³-hybridized carbons (Fsp3) is 0.625. The number of nitrogens with one attached hydrogen (secondary N) is 1. The average molecular weight is 260 g/mol. The van der Waals surface area contributed by atoms with Gasteiger partial charge in [-0.05, 0) is 50.1 Å². The van der Waals surface area contributed by atoms with Crippen LogP contribution in [0.15, 0.2) is 18.2 Å². The van der Waals surface area contributed by atoms with Crippen LogP contribution < -0.4 is 10.1 Å². The van der Waals surface area contributed by atoms with E-state index < -0.39 is 0 Å². The van der Waals surface area contributed by atoms with Gasteiger partial charge in [-0.25, -0.2) is 0 Å². The van der Waals surface area contributed by atoms with Crippen molar-refractivity contribution < 1.29 is 4.74 Å². The summed E-state index contributed by atoms with van der Waals surface area (Å²) in [5.41, 5.74) is 2.81. The molecule has 0 aromatic heterocycles. The molecule has 0 spiro atoms. The van der Waals surface area contributed by atoms with E-state index in [0.717, 1.165) is 25.4 Å². The lowest BCUT2D eigenvalue weighted by atomic mass is 10.1. The normalized spacial score (nSPS) is 23.0. The van der Waals surface area contributed by atoms with Gasteiger partial charge in [0.05, 0.1) is 6.61 Å². The van der Waals surface area contributed by atoms with Gasteiger partial charge in [-0.3, -0.25) is 0 Å². The zero-order valence-electron chi connectivity index (χ0n) is 12.0. The first-order valence-corrected chi connectivity index (χ1v) is 7.42. The lowest BCUT2D eigenvalue weighted by Crippen LogP contribution is -2.29. The van der Waals surface area contributed by atoms with Gasteiger partial charge >= 0.3 is 0 Å². The smallest absolute Gasteiger partial charge is 0.119 e. The monoisotopic (exact) mass is 260 g/mol. The molecule has 1 saturated heterocycles. The summed E-state index contributed by atoms with van der Waals surface area (Å²) in [5, 5.41) is 3.37. The van der Waals surface area contributed by atoms with Crippen molar-refractivity contribution in [1.29, 1.82) is 0 Å². The lowest BCUT2D eigenvalue weighted by Gasteiger charge is -2.20. The van der Waals surface area contributed by atoms with Crippen LogP contribution in [-0.4, -0.2) is 30.6 Å². The van der Waals surface area contributed by atoms with E-state index in [1.54, 1.807) is 0 Å². The summed E-state index contributed by atoms with van der Waals surface area (Å²) in [7, 11) is 0. The van der Waals surface area contributed by atoms with Crippen molar-refractivity contribution in [1.82, 2.24) is 10.2 Å². The quantitative estimate of drug-likeness (QED) is 0.899. The molecule has 1 unspecified atom stereocenters. The molecule has 1 aromatic carbocycles. The Morgan fingerprint density at radius 2 is 2.16 bits per heavy atom. The van der Waals surface area contributed by atoms with E-state index in [9.17, 15) is 0 Å². The van der Waals surface area contributed by atoms with E-state index in [-0.39, 0.29) is 0 Å². The van der Waals surface area contributed by atoms with Gasteiger partial charge in [0.15, 0.2) is 0 Å². The summed E-state index contributed by atoms with van der Waals surface area (Å²) >= 11 is 0. The minimum atomic E-state index is 0.663. The third kappa shape index (κ3) is 2.93. The minimum Gasteiger partial charge on any atom is -0.493 e. The molecular weight excluding hydrogens is 236 g/mol. The summed E-state index contributed by atoms with van der Waals surface area (Å²) in [5.74, 6) is 1.72. The highest BCUT2D eigenvalue weighted by atomic mass is 16.5. The molecule has 3 rings (SSSR count). The van der Waals surface area contributed by atoms with Gasteiger partial charge in [-0.1, -0.05) is 6.07 Å². The van der Waals surface area contributed by atoms with Gasteiger partial charge in [0, 0.05) is 31.6 Å². The molecule has 2 aliphatic rings. The Labute approximate surface area is 115 Å². The van der Waals surface area contributed by atoms with Gasteiger partial charge in [0.2, 0.25) is 0 Å². The Morgan fingerprint density at radius 1 is 1.32 bits per heavy atom. The van der Waals surface area contributed by atoms with Crippen molar-refractivity contribution in [3.8, 4) is 5.75 Å². The number of hydrogen-bond acceptors (Lipinski definition) is 3. The molecule has 1 atom stereocenters. The van der Waals surface area contributed by atoms with Crippen molar-refractivity contribution in [2.75, 3.05) is 19.7 Å². The van der Waals surface area contributed by atoms with Crippen LogP contribution in [0.5, 0.6) is 5.75 Å². The zero-order valence-corrected chi connectivity index (χ0v) is 12.0. The van der Waals surface area contributed by atoms with Crippen molar-refractivity contribution >= 4 is 0 Å². The molecule has 104 valence electrons. The van der Waals surface area contributed by atoms with Crippen LogP contribution in [0.25, 0.3) is 0 Å². The highest BCUT2D eigenvalue weighted by Gasteiger charge is 2.24. The average Bonchev–Trinajstić information content (AvgIpc) is 3.04. The molecule has 0 bridgehead atoms. The van der Waals surface area contributed by atoms with E-state index in [0.29, 0.717) is 12.0 Å². The maximum absolute atomic E-state index is 5.99. The van der Waals surface area contributed by atoms with Crippen LogP contribution in [0, 0.1) is 5.92 Å². The third-order valence-electron chi connectivity index (χ3n) is 4.34. The second-order valence-corrected chi connectivity index (χ2v) is 6.09. The number of nitrogens with zero attached hydrogens (tertiary/aromatic N) is 1. The first-order valence-electron chi connectivity index (χ1n) is 7.42. The van der Waals surface area contributed by atoms with E-state index in [1.165, 1.54) is 30.6 Å². The molecule has 3 nitrogen and oxygen atoms in total. The predicted octanol–water partition coefficient (Wildman–Crippen LogP) is 2.40. The van der Waals surface area contributed by atoms with Crippen LogP contribution in [0.1, 0.15) is 31.4 Å². The second-order valence-electron chi connectivity index (χ2n) is 6.09. The minimum absolute atomic E-state index is 0.663. The number of benzene rings is 1. The molecule has 0 radical (unpaired) electrons. The predicted molar refractivity (Wildman–Crippen MR) is 77.3 cm³/mol. The third-order valence-corrected chi connectivity index (χ3v) is 4.34. The SMILES string of the molecule is CC(C)N1CCC(COc2ccc3c(c2)CNC3)C1.